The van der Waals surface area contributed by atoms with Gasteiger partial charge in [0.1, 0.15) is 5.54 Å². The van der Waals surface area contributed by atoms with Crippen LogP contribution in [0.4, 0.5) is 50.0 Å². The molecule has 0 bridgehead atoms. The number of amides is 2. The van der Waals surface area contributed by atoms with Gasteiger partial charge in [0.15, 0.2) is 0 Å². The van der Waals surface area contributed by atoms with Crippen LogP contribution in [0.1, 0.15) is 33.5 Å². The molecule has 1 aromatic heterocycles. The van der Waals surface area contributed by atoms with Crippen molar-refractivity contribution >= 4 is 34.3 Å². The first kappa shape index (κ1) is 32.1. The Balaban J connectivity index is 1.87. The van der Waals surface area contributed by atoms with E-state index in [9.17, 15) is 44.3 Å². The molecule has 0 spiro atoms. The molecule has 4 nitrogen and oxygen atoms in total. The average molecular weight is 723 g/mol. The maximum absolute atomic E-state index is 13.8. The molecule has 1 atom stereocenters. The van der Waals surface area contributed by atoms with Gasteiger partial charge < -0.3 is 10.6 Å². The molecular weight excluding hydrogens is 704 g/mol. The van der Waals surface area contributed by atoms with Gasteiger partial charge in [0.25, 0.3) is 0 Å². The van der Waals surface area contributed by atoms with Gasteiger partial charge in [-0.15, -0.1) is 0 Å². The zero-order valence-corrected chi connectivity index (χ0v) is 23.7. The van der Waals surface area contributed by atoms with E-state index in [4.69, 9.17) is 0 Å². The predicted octanol–water partition coefficient (Wildman–Crippen LogP) is 9.05. The van der Waals surface area contributed by atoms with Gasteiger partial charge in [-0.05, 0) is 76.2 Å². The van der Waals surface area contributed by atoms with Crippen LogP contribution in [0.15, 0.2) is 91.1 Å². The van der Waals surface area contributed by atoms with Crippen LogP contribution in [-0.2, 0) is 30.5 Å². The van der Waals surface area contributed by atoms with E-state index in [1.807, 2.05) is 27.9 Å². The summed E-state index contributed by atoms with van der Waals surface area (Å²) in [4.78, 5) is 17.7. The van der Waals surface area contributed by atoms with Crippen molar-refractivity contribution in [3.63, 3.8) is 0 Å². The number of rotatable bonds is 6. The highest BCUT2D eigenvalue weighted by atomic mass is 127. The van der Waals surface area contributed by atoms with Gasteiger partial charge in [-0.3, -0.25) is 4.98 Å². The minimum atomic E-state index is -5.17. The third-order valence-electron chi connectivity index (χ3n) is 6.33. The molecule has 3 aromatic carbocycles. The molecule has 4 aromatic rings. The van der Waals surface area contributed by atoms with Crippen molar-refractivity contribution in [3.8, 4) is 0 Å². The molecule has 14 heteroatoms. The van der Waals surface area contributed by atoms with Crippen LogP contribution in [-0.4, -0.2) is 11.0 Å². The first-order valence-corrected chi connectivity index (χ1v) is 13.3. The monoisotopic (exact) mass is 723 g/mol. The molecule has 0 aliphatic rings. The lowest BCUT2D eigenvalue weighted by Crippen LogP contribution is -2.50. The van der Waals surface area contributed by atoms with Crippen molar-refractivity contribution in [2.45, 2.75) is 30.5 Å². The van der Waals surface area contributed by atoms with Crippen molar-refractivity contribution in [1.82, 2.24) is 10.3 Å². The number of carbonyl (C=O) groups excluding carboxylic acids is 1. The molecule has 2 amide bonds. The van der Waals surface area contributed by atoms with Crippen LogP contribution in [0.5, 0.6) is 0 Å². The molecule has 4 rings (SSSR count). The Morgan fingerprint density at radius 2 is 1.23 bits per heavy atom. The number of carbonyl (C=O) groups is 1. The maximum Gasteiger partial charge on any atom is 0.416 e. The molecule has 0 aliphatic heterocycles. The zero-order chi connectivity index (χ0) is 31.6. The van der Waals surface area contributed by atoms with Gasteiger partial charge in [0.05, 0.1) is 22.4 Å². The summed E-state index contributed by atoms with van der Waals surface area (Å²) < 4.78 is 122. The second kappa shape index (κ2) is 12.1. The minimum absolute atomic E-state index is 0.0614. The highest BCUT2D eigenvalue weighted by Gasteiger charge is 2.41. The van der Waals surface area contributed by atoms with E-state index in [0.717, 1.165) is 18.2 Å². The molecule has 0 saturated carbocycles. The van der Waals surface area contributed by atoms with Crippen LogP contribution in [0.25, 0.3) is 0 Å². The second-order valence-electron chi connectivity index (χ2n) is 9.38. The van der Waals surface area contributed by atoms with Crippen molar-refractivity contribution in [1.29, 1.82) is 0 Å². The number of benzene rings is 3. The predicted molar refractivity (Wildman–Crippen MR) is 148 cm³/mol. The molecule has 2 N–H and O–H groups in total. The van der Waals surface area contributed by atoms with Gasteiger partial charge in [-0.2, -0.15) is 39.5 Å². The summed E-state index contributed by atoms with van der Waals surface area (Å²) in [6.45, 7) is 0. The third-order valence-corrected chi connectivity index (χ3v) is 6.97. The standard InChI is InChI=1S/C29H19F9IN3O/c30-27(31,32)19-8-4-7-18(11-19)26(15-17-5-2-1-3-6-17,24-10-9-22(39)16-40-24)42-25(43)41-23-13-20(28(33,34)35)12-21(14-23)29(36,37)38/h1-14,16H,15H2,(H2,41,42,43). The lowest BCUT2D eigenvalue weighted by Gasteiger charge is -2.36. The summed E-state index contributed by atoms with van der Waals surface area (Å²) in [5, 5.41) is 4.53. The summed E-state index contributed by atoms with van der Waals surface area (Å²) in [6, 6.07) is 14.6. The van der Waals surface area contributed by atoms with Gasteiger partial charge in [0, 0.05) is 21.9 Å². The Bertz CT molecular complexity index is 1560. The fraction of sp³-hybridized carbons (Fsp3) is 0.172. The van der Waals surface area contributed by atoms with E-state index in [0.29, 0.717) is 21.3 Å². The van der Waals surface area contributed by atoms with Gasteiger partial charge >= 0.3 is 24.6 Å². The third kappa shape index (κ3) is 7.77. The van der Waals surface area contributed by atoms with Crippen molar-refractivity contribution in [2.24, 2.45) is 0 Å². The Morgan fingerprint density at radius 3 is 1.77 bits per heavy atom. The Kier molecular flexibility index (Phi) is 9.00. The van der Waals surface area contributed by atoms with Gasteiger partial charge in [0.2, 0.25) is 0 Å². The summed E-state index contributed by atoms with van der Waals surface area (Å²) in [5.41, 5.74) is -6.59. The lowest BCUT2D eigenvalue weighted by atomic mass is 9.80. The number of anilines is 1. The van der Waals surface area contributed by atoms with Crippen LogP contribution in [0.2, 0.25) is 0 Å². The number of pyridine rings is 1. The molecule has 0 saturated heterocycles. The van der Waals surface area contributed by atoms with Crippen molar-refractivity contribution in [3.05, 3.63) is 128 Å². The first-order valence-electron chi connectivity index (χ1n) is 12.2. The van der Waals surface area contributed by atoms with E-state index in [1.54, 1.807) is 36.4 Å². The highest BCUT2D eigenvalue weighted by Crippen LogP contribution is 2.39. The Morgan fingerprint density at radius 1 is 0.674 bits per heavy atom. The van der Waals surface area contributed by atoms with Crippen molar-refractivity contribution < 1.29 is 44.3 Å². The molecule has 43 heavy (non-hydrogen) atoms. The molecule has 226 valence electrons. The number of urea groups is 1. The highest BCUT2D eigenvalue weighted by molar-refractivity contribution is 14.1. The minimum Gasteiger partial charge on any atom is -0.322 e. The molecule has 1 unspecified atom stereocenters. The summed E-state index contributed by atoms with van der Waals surface area (Å²) in [7, 11) is 0. The lowest BCUT2D eigenvalue weighted by molar-refractivity contribution is -0.143. The number of nitrogens with zero attached hydrogens (tertiary/aromatic N) is 1. The maximum atomic E-state index is 13.8. The molecular formula is C29H19F9IN3O. The summed E-state index contributed by atoms with van der Waals surface area (Å²) in [6.07, 6.45) is -13.9. The normalized spacial score (nSPS) is 13.7. The fourth-order valence-electron chi connectivity index (χ4n) is 4.40. The molecule has 0 fully saturated rings. The van der Waals surface area contributed by atoms with E-state index in [-0.39, 0.29) is 23.7 Å². The quantitative estimate of drug-likeness (QED) is 0.154. The molecule has 0 aliphatic carbocycles. The SMILES string of the molecule is O=C(Nc1cc(C(F)(F)F)cc(C(F)(F)F)c1)NC(Cc1ccccc1)(c1cccc(C(F)(F)F)c1)c1ccc(I)cn1. The largest absolute Gasteiger partial charge is 0.416 e. The average Bonchev–Trinajstić information content (AvgIpc) is 2.92. The number of aromatic nitrogens is 1. The summed E-state index contributed by atoms with van der Waals surface area (Å²) >= 11 is 1.94. The number of hydrogen-bond donors (Lipinski definition) is 2. The fourth-order valence-corrected chi connectivity index (χ4v) is 4.71. The van der Waals surface area contributed by atoms with E-state index >= 15 is 0 Å². The first-order chi connectivity index (χ1) is 20.0. The smallest absolute Gasteiger partial charge is 0.322 e. The van der Waals surface area contributed by atoms with E-state index < -0.39 is 52.5 Å². The number of hydrogen-bond acceptors (Lipinski definition) is 2. The Hall–Kier alpha value is -3.82. The molecule has 1 heterocycles. The second-order valence-corrected chi connectivity index (χ2v) is 10.6. The number of alkyl halides is 9. The Labute approximate surface area is 252 Å². The van der Waals surface area contributed by atoms with Crippen LogP contribution in [0, 0.1) is 3.57 Å². The topological polar surface area (TPSA) is 54.0 Å². The van der Waals surface area contributed by atoms with Crippen LogP contribution < -0.4 is 10.6 Å². The number of nitrogens with one attached hydrogen (secondary N) is 2. The van der Waals surface area contributed by atoms with Gasteiger partial charge in [-0.1, -0.05) is 42.5 Å². The van der Waals surface area contributed by atoms with Crippen molar-refractivity contribution in [2.75, 3.05) is 5.32 Å². The van der Waals surface area contributed by atoms with E-state index in [2.05, 4.69) is 10.3 Å². The van der Waals surface area contributed by atoms with Crippen LogP contribution in [0.3, 0.4) is 0 Å². The van der Waals surface area contributed by atoms with Gasteiger partial charge in [-0.25, -0.2) is 4.79 Å². The van der Waals surface area contributed by atoms with E-state index in [1.165, 1.54) is 18.3 Å². The zero-order valence-electron chi connectivity index (χ0n) is 21.5. The van der Waals surface area contributed by atoms with Crippen LogP contribution >= 0.6 is 22.6 Å². The molecule has 0 radical (unpaired) electrons. The summed E-state index contributed by atoms with van der Waals surface area (Å²) in [5.74, 6) is 0. The number of halogens is 10.